The Labute approximate surface area is 91.6 Å². The van der Waals surface area contributed by atoms with E-state index in [-0.39, 0.29) is 0 Å². The van der Waals surface area contributed by atoms with E-state index in [9.17, 15) is 0 Å². The van der Waals surface area contributed by atoms with Crippen molar-refractivity contribution in [3.05, 3.63) is 42.7 Å². The molecule has 0 amide bonds. The minimum atomic E-state index is 0.298. The van der Waals surface area contributed by atoms with Gasteiger partial charge in [0.15, 0.2) is 0 Å². The first-order chi connectivity index (χ1) is 7.42. The van der Waals surface area contributed by atoms with E-state index in [1.807, 2.05) is 24.4 Å². The second-order valence-corrected chi connectivity index (χ2v) is 4.03. The van der Waals surface area contributed by atoms with Gasteiger partial charge >= 0.3 is 0 Å². The van der Waals surface area contributed by atoms with Crippen molar-refractivity contribution in [1.29, 1.82) is 0 Å². The number of piperidine rings is 1. The van der Waals surface area contributed by atoms with Gasteiger partial charge in [0.05, 0.1) is 11.7 Å². The molecule has 0 spiro atoms. The van der Waals surface area contributed by atoms with Crippen LogP contribution in [0.1, 0.15) is 31.0 Å². The van der Waals surface area contributed by atoms with Crippen molar-refractivity contribution in [3.63, 3.8) is 0 Å². The average molecular weight is 202 g/mol. The summed E-state index contributed by atoms with van der Waals surface area (Å²) >= 11 is 0. The minimum absolute atomic E-state index is 0.298. The monoisotopic (exact) mass is 202 g/mol. The molecule has 0 aliphatic carbocycles. The van der Waals surface area contributed by atoms with Crippen LogP contribution < -0.4 is 0 Å². The van der Waals surface area contributed by atoms with Crippen molar-refractivity contribution >= 4 is 0 Å². The van der Waals surface area contributed by atoms with Crippen LogP contribution in [0, 0.1) is 0 Å². The Balaban J connectivity index is 2.12. The maximum absolute atomic E-state index is 4.41. The normalized spacial score (nSPS) is 19.7. The van der Waals surface area contributed by atoms with E-state index in [1.54, 1.807) is 0 Å². The fourth-order valence-corrected chi connectivity index (χ4v) is 2.20. The summed E-state index contributed by atoms with van der Waals surface area (Å²) in [7, 11) is 0. The zero-order valence-corrected chi connectivity index (χ0v) is 9.10. The van der Waals surface area contributed by atoms with E-state index < -0.39 is 0 Å². The van der Waals surface area contributed by atoms with Crippen LogP contribution in [-0.2, 0) is 0 Å². The number of aromatic nitrogens is 1. The van der Waals surface area contributed by atoms with Crippen molar-refractivity contribution in [3.8, 4) is 0 Å². The Bertz CT molecular complexity index is 302. The maximum Gasteiger partial charge on any atom is 0.0703 e. The lowest BCUT2D eigenvalue weighted by molar-refractivity contribution is 0.189. The molecule has 1 aromatic rings. The summed E-state index contributed by atoms with van der Waals surface area (Å²) in [4.78, 5) is 6.88. The molecule has 0 aromatic carbocycles. The number of rotatable bonds is 3. The average Bonchev–Trinajstić information content (AvgIpc) is 2.33. The molecule has 1 aliphatic rings. The molecular weight excluding hydrogens is 184 g/mol. The van der Waals surface area contributed by atoms with Crippen molar-refractivity contribution in [2.45, 2.75) is 25.3 Å². The van der Waals surface area contributed by atoms with Gasteiger partial charge in [-0.2, -0.15) is 0 Å². The summed E-state index contributed by atoms with van der Waals surface area (Å²) in [5.74, 6) is 0. The first-order valence-corrected chi connectivity index (χ1v) is 5.69. The van der Waals surface area contributed by atoms with Crippen LogP contribution in [0.3, 0.4) is 0 Å². The van der Waals surface area contributed by atoms with E-state index in [4.69, 9.17) is 0 Å². The number of likely N-dealkylation sites (tertiary alicyclic amines) is 1. The molecular formula is C13H18N2. The predicted octanol–water partition coefficient (Wildman–Crippen LogP) is 2.79. The molecule has 0 radical (unpaired) electrons. The van der Waals surface area contributed by atoms with E-state index in [1.165, 1.54) is 32.4 Å². The molecule has 1 atom stereocenters. The smallest absolute Gasteiger partial charge is 0.0703 e. The number of nitrogens with zero attached hydrogens (tertiary/aromatic N) is 2. The summed E-state index contributed by atoms with van der Waals surface area (Å²) in [5, 5.41) is 0. The quantitative estimate of drug-likeness (QED) is 0.701. The molecule has 2 rings (SSSR count). The van der Waals surface area contributed by atoms with Gasteiger partial charge in [-0.05, 0) is 38.1 Å². The Hall–Kier alpha value is -1.15. The molecule has 1 aliphatic heterocycles. The standard InChI is InChI=1S/C13H18N2/c1-2-13(12-8-4-5-9-14-12)15-10-6-3-7-11-15/h2,4-5,8-9,13H,1,3,6-7,10-11H2. The third-order valence-corrected chi connectivity index (χ3v) is 3.00. The summed E-state index contributed by atoms with van der Waals surface area (Å²) in [6.45, 7) is 6.28. The van der Waals surface area contributed by atoms with Crippen LogP contribution in [0.2, 0.25) is 0 Å². The molecule has 1 aromatic heterocycles. The van der Waals surface area contributed by atoms with Gasteiger partial charge < -0.3 is 0 Å². The molecule has 0 bridgehead atoms. The highest BCUT2D eigenvalue weighted by Gasteiger charge is 2.19. The zero-order chi connectivity index (χ0) is 10.5. The molecule has 0 saturated carbocycles. The number of hydrogen-bond acceptors (Lipinski definition) is 2. The van der Waals surface area contributed by atoms with Crippen LogP contribution in [-0.4, -0.2) is 23.0 Å². The van der Waals surface area contributed by atoms with Gasteiger partial charge in [0.25, 0.3) is 0 Å². The number of hydrogen-bond donors (Lipinski definition) is 0. The molecule has 80 valence electrons. The lowest BCUT2D eigenvalue weighted by Gasteiger charge is -2.32. The summed E-state index contributed by atoms with van der Waals surface area (Å²) < 4.78 is 0. The van der Waals surface area contributed by atoms with Gasteiger partial charge in [-0.1, -0.05) is 18.6 Å². The second-order valence-electron chi connectivity index (χ2n) is 4.03. The molecule has 1 unspecified atom stereocenters. The van der Waals surface area contributed by atoms with Crippen LogP contribution >= 0.6 is 0 Å². The molecule has 2 heterocycles. The van der Waals surface area contributed by atoms with Gasteiger partial charge in [0, 0.05) is 6.20 Å². The van der Waals surface area contributed by atoms with E-state index >= 15 is 0 Å². The second kappa shape index (κ2) is 5.08. The first kappa shape index (κ1) is 10.4. The number of pyridine rings is 1. The van der Waals surface area contributed by atoms with Crippen molar-refractivity contribution in [2.24, 2.45) is 0 Å². The van der Waals surface area contributed by atoms with E-state index in [0.29, 0.717) is 6.04 Å². The molecule has 1 saturated heterocycles. The van der Waals surface area contributed by atoms with E-state index in [2.05, 4.69) is 22.5 Å². The van der Waals surface area contributed by atoms with Gasteiger partial charge in [-0.15, -0.1) is 6.58 Å². The van der Waals surface area contributed by atoms with Crippen molar-refractivity contribution in [2.75, 3.05) is 13.1 Å². The third-order valence-electron chi connectivity index (χ3n) is 3.00. The minimum Gasteiger partial charge on any atom is -0.292 e. The first-order valence-electron chi connectivity index (χ1n) is 5.69. The highest BCUT2D eigenvalue weighted by Crippen LogP contribution is 2.23. The predicted molar refractivity (Wildman–Crippen MR) is 62.6 cm³/mol. The fraction of sp³-hybridized carbons (Fsp3) is 0.462. The summed E-state index contributed by atoms with van der Waals surface area (Å²) in [6.07, 6.45) is 7.83. The molecule has 1 fully saturated rings. The fourth-order valence-electron chi connectivity index (χ4n) is 2.20. The highest BCUT2D eigenvalue weighted by atomic mass is 15.2. The Morgan fingerprint density at radius 2 is 2.07 bits per heavy atom. The molecule has 2 nitrogen and oxygen atoms in total. The Morgan fingerprint density at radius 1 is 1.27 bits per heavy atom. The molecule has 0 N–H and O–H groups in total. The zero-order valence-electron chi connectivity index (χ0n) is 9.10. The van der Waals surface area contributed by atoms with E-state index in [0.717, 1.165) is 5.69 Å². The molecule has 2 heteroatoms. The van der Waals surface area contributed by atoms with Crippen LogP contribution in [0.15, 0.2) is 37.1 Å². The van der Waals surface area contributed by atoms with Crippen molar-refractivity contribution < 1.29 is 0 Å². The Morgan fingerprint density at radius 3 is 2.67 bits per heavy atom. The van der Waals surface area contributed by atoms with Gasteiger partial charge in [-0.3, -0.25) is 9.88 Å². The lowest BCUT2D eigenvalue weighted by atomic mass is 10.1. The SMILES string of the molecule is C=CC(c1ccccn1)N1CCCCC1. The molecule has 15 heavy (non-hydrogen) atoms. The summed E-state index contributed by atoms with van der Waals surface area (Å²) in [5.41, 5.74) is 1.12. The van der Waals surface area contributed by atoms with Gasteiger partial charge in [0.1, 0.15) is 0 Å². The van der Waals surface area contributed by atoms with Crippen LogP contribution in [0.5, 0.6) is 0 Å². The van der Waals surface area contributed by atoms with Gasteiger partial charge in [0.2, 0.25) is 0 Å². The van der Waals surface area contributed by atoms with Crippen molar-refractivity contribution in [1.82, 2.24) is 9.88 Å². The topological polar surface area (TPSA) is 16.1 Å². The van der Waals surface area contributed by atoms with Gasteiger partial charge in [-0.25, -0.2) is 0 Å². The highest BCUT2D eigenvalue weighted by molar-refractivity contribution is 5.14. The van der Waals surface area contributed by atoms with Crippen LogP contribution in [0.4, 0.5) is 0 Å². The lowest BCUT2D eigenvalue weighted by Crippen LogP contribution is -2.33. The Kier molecular flexibility index (Phi) is 3.51. The summed E-state index contributed by atoms with van der Waals surface area (Å²) in [6, 6.07) is 6.38. The third kappa shape index (κ3) is 2.45. The van der Waals surface area contributed by atoms with Crippen LogP contribution in [0.25, 0.3) is 0 Å². The maximum atomic E-state index is 4.41. The largest absolute Gasteiger partial charge is 0.292 e.